The molecule has 18 heavy (non-hydrogen) atoms. The summed E-state index contributed by atoms with van der Waals surface area (Å²) in [5.41, 5.74) is 0. The zero-order valence-electron chi connectivity index (χ0n) is 10.8. The number of rotatable bonds is 3. The van der Waals surface area contributed by atoms with Crippen LogP contribution < -0.4 is 5.32 Å². The van der Waals surface area contributed by atoms with Crippen LogP contribution in [0.15, 0.2) is 0 Å². The van der Waals surface area contributed by atoms with Gasteiger partial charge in [0.2, 0.25) is 0 Å². The fourth-order valence-corrected chi connectivity index (χ4v) is 2.60. The van der Waals surface area contributed by atoms with E-state index in [1.54, 1.807) is 12.0 Å². The van der Waals surface area contributed by atoms with Gasteiger partial charge in [0.15, 0.2) is 0 Å². The summed E-state index contributed by atoms with van der Waals surface area (Å²) in [6.45, 7) is 2.70. The molecule has 1 heterocycles. The Balaban J connectivity index is 1.79. The standard InChI is InChI=1S/C12H20N2O4/c1-7-5-14(6-10(7)11(15)16)12(17)13-8-3-9(4-8)18-2/h7-10H,3-6H2,1-2H3,(H,13,17)(H,15,16)/t7-,8?,9?,10-/m1/s1. The van der Waals surface area contributed by atoms with Crippen LogP contribution in [0, 0.1) is 11.8 Å². The fourth-order valence-electron chi connectivity index (χ4n) is 2.60. The van der Waals surface area contributed by atoms with Gasteiger partial charge in [0.05, 0.1) is 12.0 Å². The first-order valence-corrected chi connectivity index (χ1v) is 6.32. The lowest BCUT2D eigenvalue weighted by Gasteiger charge is -2.35. The van der Waals surface area contributed by atoms with Crippen LogP contribution in [0.25, 0.3) is 0 Å². The number of nitrogens with zero attached hydrogens (tertiary/aromatic N) is 1. The average molecular weight is 256 g/mol. The zero-order chi connectivity index (χ0) is 13.3. The number of carboxylic acid groups (broad SMARTS) is 1. The second kappa shape index (κ2) is 5.14. The monoisotopic (exact) mass is 256 g/mol. The van der Waals surface area contributed by atoms with Crippen molar-refractivity contribution in [2.45, 2.75) is 31.9 Å². The van der Waals surface area contributed by atoms with Crippen LogP contribution in [-0.4, -0.2) is 54.4 Å². The van der Waals surface area contributed by atoms with Gasteiger partial charge in [-0.1, -0.05) is 6.92 Å². The zero-order valence-corrected chi connectivity index (χ0v) is 10.8. The molecule has 6 nitrogen and oxygen atoms in total. The molecule has 0 aromatic rings. The van der Waals surface area contributed by atoms with E-state index in [1.165, 1.54) is 0 Å². The summed E-state index contributed by atoms with van der Waals surface area (Å²) in [6.07, 6.45) is 1.93. The summed E-state index contributed by atoms with van der Waals surface area (Å²) >= 11 is 0. The Morgan fingerprint density at radius 3 is 2.50 bits per heavy atom. The Kier molecular flexibility index (Phi) is 3.75. The van der Waals surface area contributed by atoms with Crippen molar-refractivity contribution in [2.24, 2.45) is 11.8 Å². The summed E-state index contributed by atoms with van der Waals surface area (Å²) in [7, 11) is 1.67. The lowest BCUT2D eigenvalue weighted by atomic mass is 9.89. The molecular formula is C12H20N2O4. The van der Waals surface area contributed by atoms with Gasteiger partial charge < -0.3 is 20.1 Å². The molecule has 1 aliphatic carbocycles. The molecule has 2 atom stereocenters. The largest absolute Gasteiger partial charge is 0.481 e. The van der Waals surface area contributed by atoms with Gasteiger partial charge in [-0.3, -0.25) is 4.79 Å². The third kappa shape index (κ3) is 2.58. The molecule has 0 aromatic carbocycles. The number of amides is 2. The first kappa shape index (κ1) is 13.1. The SMILES string of the molecule is COC1CC(NC(=O)N2C[C@@H](C)[C@H](C(=O)O)C2)C1. The normalized spacial score (nSPS) is 35.1. The first-order valence-electron chi connectivity index (χ1n) is 6.32. The molecule has 1 aliphatic heterocycles. The van der Waals surface area contributed by atoms with Gasteiger partial charge in [0.1, 0.15) is 0 Å². The van der Waals surface area contributed by atoms with Gasteiger partial charge in [-0.05, 0) is 18.8 Å². The molecule has 6 heteroatoms. The molecule has 0 unspecified atom stereocenters. The van der Waals surface area contributed by atoms with E-state index in [9.17, 15) is 9.59 Å². The number of ether oxygens (including phenoxy) is 1. The summed E-state index contributed by atoms with van der Waals surface area (Å²) in [5.74, 6) is -1.24. The molecule has 2 fully saturated rings. The number of carbonyl (C=O) groups is 2. The summed E-state index contributed by atoms with van der Waals surface area (Å²) in [4.78, 5) is 24.5. The maximum atomic E-state index is 11.9. The third-order valence-corrected chi connectivity index (χ3v) is 3.97. The van der Waals surface area contributed by atoms with Crippen molar-refractivity contribution in [2.75, 3.05) is 20.2 Å². The van der Waals surface area contributed by atoms with Gasteiger partial charge in [0, 0.05) is 26.2 Å². The van der Waals surface area contributed by atoms with E-state index >= 15 is 0 Å². The highest BCUT2D eigenvalue weighted by Gasteiger charge is 2.38. The van der Waals surface area contributed by atoms with Crippen LogP contribution in [0.1, 0.15) is 19.8 Å². The van der Waals surface area contributed by atoms with Gasteiger partial charge in [-0.2, -0.15) is 0 Å². The molecule has 0 radical (unpaired) electrons. The highest BCUT2D eigenvalue weighted by atomic mass is 16.5. The van der Waals surface area contributed by atoms with E-state index in [2.05, 4.69) is 5.32 Å². The molecule has 2 amide bonds. The van der Waals surface area contributed by atoms with Crippen molar-refractivity contribution in [3.05, 3.63) is 0 Å². The smallest absolute Gasteiger partial charge is 0.317 e. The predicted octanol–water partition coefficient (Wildman–Crippen LogP) is 0.526. The highest BCUT2D eigenvalue weighted by molar-refractivity contribution is 5.78. The van der Waals surface area contributed by atoms with Crippen molar-refractivity contribution < 1.29 is 19.4 Å². The fraction of sp³-hybridized carbons (Fsp3) is 0.833. The van der Waals surface area contributed by atoms with Crippen LogP contribution >= 0.6 is 0 Å². The lowest BCUT2D eigenvalue weighted by Crippen LogP contribution is -2.51. The Labute approximate surface area is 106 Å². The molecule has 2 N–H and O–H groups in total. The van der Waals surface area contributed by atoms with Crippen LogP contribution in [0.2, 0.25) is 0 Å². The number of methoxy groups -OCH3 is 1. The minimum Gasteiger partial charge on any atom is -0.481 e. The van der Waals surface area contributed by atoms with E-state index in [0.717, 1.165) is 12.8 Å². The predicted molar refractivity (Wildman–Crippen MR) is 64.2 cm³/mol. The van der Waals surface area contributed by atoms with Gasteiger partial charge in [0.25, 0.3) is 0 Å². The summed E-state index contributed by atoms with van der Waals surface area (Å²) < 4.78 is 5.15. The molecule has 1 saturated heterocycles. The van der Waals surface area contributed by atoms with E-state index in [1.807, 2.05) is 6.92 Å². The number of carboxylic acids is 1. The number of carbonyl (C=O) groups excluding carboxylic acids is 1. The maximum absolute atomic E-state index is 11.9. The van der Waals surface area contributed by atoms with Crippen LogP contribution in [0.3, 0.4) is 0 Å². The lowest BCUT2D eigenvalue weighted by molar-refractivity contribution is -0.142. The summed E-state index contributed by atoms with van der Waals surface area (Å²) in [6, 6.07) is 0.0202. The Hall–Kier alpha value is -1.30. The number of likely N-dealkylation sites (tertiary alicyclic amines) is 1. The third-order valence-electron chi connectivity index (χ3n) is 3.97. The molecule has 2 rings (SSSR count). The number of hydrogen-bond donors (Lipinski definition) is 2. The average Bonchev–Trinajstić information content (AvgIpc) is 2.65. The van der Waals surface area contributed by atoms with E-state index in [0.29, 0.717) is 13.1 Å². The van der Waals surface area contributed by atoms with E-state index < -0.39 is 11.9 Å². The molecular weight excluding hydrogens is 236 g/mol. The van der Waals surface area contributed by atoms with Crippen LogP contribution in [0.4, 0.5) is 4.79 Å². The summed E-state index contributed by atoms with van der Waals surface area (Å²) in [5, 5.41) is 11.9. The van der Waals surface area contributed by atoms with Gasteiger partial charge in [-0.25, -0.2) is 4.79 Å². The number of aliphatic carboxylic acids is 1. The van der Waals surface area contributed by atoms with Crippen LogP contribution in [0.5, 0.6) is 0 Å². The second-order valence-electron chi connectivity index (χ2n) is 5.30. The second-order valence-corrected chi connectivity index (χ2v) is 5.30. The molecule has 0 spiro atoms. The molecule has 102 valence electrons. The van der Waals surface area contributed by atoms with Crippen molar-refractivity contribution in [3.8, 4) is 0 Å². The van der Waals surface area contributed by atoms with Crippen molar-refractivity contribution >= 4 is 12.0 Å². The topological polar surface area (TPSA) is 78.9 Å². The van der Waals surface area contributed by atoms with Gasteiger partial charge in [-0.15, -0.1) is 0 Å². The van der Waals surface area contributed by atoms with Crippen LogP contribution in [-0.2, 0) is 9.53 Å². The van der Waals surface area contributed by atoms with E-state index in [-0.39, 0.29) is 24.1 Å². The van der Waals surface area contributed by atoms with Crippen molar-refractivity contribution in [3.63, 3.8) is 0 Å². The molecule has 1 saturated carbocycles. The minimum atomic E-state index is -0.819. The Morgan fingerprint density at radius 1 is 1.33 bits per heavy atom. The van der Waals surface area contributed by atoms with E-state index in [4.69, 9.17) is 9.84 Å². The Bertz CT molecular complexity index is 341. The quantitative estimate of drug-likeness (QED) is 0.772. The number of hydrogen-bond acceptors (Lipinski definition) is 3. The highest BCUT2D eigenvalue weighted by Crippen LogP contribution is 2.25. The number of nitrogens with one attached hydrogen (secondary N) is 1. The molecule has 0 bridgehead atoms. The van der Waals surface area contributed by atoms with Gasteiger partial charge >= 0.3 is 12.0 Å². The molecule has 0 aromatic heterocycles. The maximum Gasteiger partial charge on any atom is 0.317 e. The number of urea groups is 1. The van der Waals surface area contributed by atoms with Crippen molar-refractivity contribution in [1.29, 1.82) is 0 Å². The Morgan fingerprint density at radius 2 is 2.00 bits per heavy atom. The molecule has 2 aliphatic rings. The first-order chi connectivity index (χ1) is 8.51. The van der Waals surface area contributed by atoms with Crippen molar-refractivity contribution in [1.82, 2.24) is 10.2 Å². The minimum absolute atomic E-state index is 0.0152.